The molecule has 2 rings (SSSR count). The molecule has 0 aliphatic carbocycles. The topological polar surface area (TPSA) is 461 Å². The monoisotopic (exact) mass is 1060 g/mol. The van der Waals surface area contributed by atoms with Crippen molar-refractivity contribution in [2.75, 3.05) is 25.1 Å². The lowest BCUT2D eigenvalue weighted by Crippen LogP contribution is -2.60. The number of carboxylic acids is 2. The maximum atomic E-state index is 14.4. The number of aliphatic carboxylic acids is 2. The molecule has 410 valence electrons. The van der Waals surface area contributed by atoms with Crippen LogP contribution in [0.25, 0.3) is 10.9 Å². The molecule has 0 fully saturated rings. The minimum absolute atomic E-state index is 0.0506. The van der Waals surface area contributed by atoms with Crippen molar-refractivity contribution in [3.63, 3.8) is 0 Å². The van der Waals surface area contributed by atoms with Gasteiger partial charge in [0.1, 0.15) is 42.3 Å². The molecule has 27 nitrogen and oxygen atoms in total. The quantitative estimate of drug-likeness (QED) is 0.0294. The number of H-pyrrole nitrogens is 1. The van der Waals surface area contributed by atoms with Crippen LogP contribution >= 0.6 is 11.8 Å². The number of carbonyl (C=O) groups is 12. The van der Waals surface area contributed by atoms with Crippen molar-refractivity contribution in [2.45, 2.75) is 133 Å². The molecule has 1 aromatic carbocycles. The van der Waals surface area contributed by atoms with Crippen LogP contribution in [-0.2, 0) is 64.0 Å². The molecule has 8 unspecified atom stereocenters. The molecular weight excluding hydrogens is 991 g/mol. The summed E-state index contributed by atoms with van der Waals surface area (Å²) in [6, 6.07) is -4.32. The van der Waals surface area contributed by atoms with Gasteiger partial charge in [-0.3, -0.25) is 57.5 Å². The molecule has 8 atom stereocenters. The average Bonchev–Trinajstić information content (AvgIpc) is 3.74. The van der Waals surface area contributed by atoms with Crippen LogP contribution in [0.15, 0.2) is 30.5 Å². The first-order valence-corrected chi connectivity index (χ1v) is 25.2. The summed E-state index contributed by atoms with van der Waals surface area (Å²) in [4.78, 5) is 158. The highest BCUT2D eigenvalue weighted by atomic mass is 32.2. The van der Waals surface area contributed by atoms with Gasteiger partial charge in [0.25, 0.3) is 0 Å². The zero-order valence-corrected chi connectivity index (χ0v) is 42.6. The highest BCUT2D eigenvalue weighted by Crippen LogP contribution is 2.20. The van der Waals surface area contributed by atoms with Crippen molar-refractivity contribution in [1.82, 2.24) is 47.5 Å². The number of unbranched alkanes of at least 4 members (excludes halogenated alkanes) is 1. The Kier molecular flexibility index (Phi) is 27.1. The summed E-state index contributed by atoms with van der Waals surface area (Å²) >= 11 is 1.35. The minimum Gasteiger partial charge on any atom is -0.481 e. The van der Waals surface area contributed by atoms with E-state index in [-0.39, 0.29) is 25.8 Å². The molecule has 1 heterocycles. The third-order valence-electron chi connectivity index (χ3n) is 11.3. The van der Waals surface area contributed by atoms with Crippen molar-refractivity contribution in [2.24, 2.45) is 28.9 Å². The van der Waals surface area contributed by atoms with Crippen molar-refractivity contribution in [3.05, 3.63) is 36.0 Å². The van der Waals surface area contributed by atoms with E-state index < -0.39 is 164 Å². The number of nitrogens with two attached hydrogens (primary N) is 4. The molecule has 28 heteroatoms. The highest BCUT2D eigenvalue weighted by Gasteiger charge is 2.35. The number of aromatic amines is 1. The Morgan fingerprint density at radius 1 is 0.635 bits per heavy atom. The standard InChI is InChI=1S/C46H71N13O14S/c1-23(2)38(45(71)52-22-36(62)54-29(11-7-8-17-47)40(66)53-24(3)46(72)73)59-43(69)31(13-15-37(63)64)56-41(67)30(12-14-34(49)60)57-44(70)33(19-25-21-51-28-10-6-5-9-26(25)28)58-42(68)32(16-18-74-4)55-39(65)27(48)20-35(50)61/h5-6,9-10,21,23-24,27,29-33,38,51H,7-8,11-20,22,47-48H2,1-4H3,(H2,49,60)(H2,50,61)(H,52,71)(H,53,66)(H,54,62)(H,55,65)(H,56,67)(H,57,70)(H,58,68)(H,59,69)(H,63,64)(H,72,73). The third-order valence-corrected chi connectivity index (χ3v) is 12.0. The van der Waals surface area contributed by atoms with E-state index in [4.69, 9.17) is 22.9 Å². The Morgan fingerprint density at radius 3 is 1.74 bits per heavy atom. The lowest BCUT2D eigenvalue weighted by atomic mass is 10.0. The van der Waals surface area contributed by atoms with Crippen molar-refractivity contribution < 1.29 is 67.7 Å². The van der Waals surface area contributed by atoms with Crippen molar-refractivity contribution >= 4 is 93.7 Å². The van der Waals surface area contributed by atoms with Crippen molar-refractivity contribution in [1.29, 1.82) is 0 Å². The fourth-order valence-corrected chi connectivity index (χ4v) is 7.65. The molecule has 0 bridgehead atoms. The molecule has 0 radical (unpaired) electrons. The van der Waals surface area contributed by atoms with Gasteiger partial charge in [-0.05, 0) is 81.5 Å². The number of thioether (sulfide) groups is 1. The summed E-state index contributed by atoms with van der Waals surface area (Å²) in [5.74, 6) is -12.1. The van der Waals surface area contributed by atoms with Gasteiger partial charge in [-0.2, -0.15) is 11.8 Å². The number of rotatable bonds is 35. The van der Waals surface area contributed by atoms with Gasteiger partial charge in [-0.1, -0.05) is 32.0 Å². The molecule has 2 aromatic rings. The molecular formula is C46H71N13O14S. The number of para-hydroxylation sites is 1. The van der Waals surface area contributed by atoms with E-state index in [1.165, 1.54) is 32.5 Å². The van der Waals surface area contributed by atoms with E-state index in [9.17, 15) is 67.7 Å². The Morgan fingerprint density at radius 2 is 1.18 bits per heavy atom. The first kappa shape index (κ1) is 62.8. The number of benzene rings is 1. The van der Waals surface area contributed by atoms with Crippen LogP contribution in [0.4, 0.5) is 0 Å². The smallest absolute Gasteiger partial charge is 0.325 e. The maximum Gasteiger partial charge on any atom is 0.325 e. The summed E-state index contributed by atoms with van der Waals surface area (Å²) in [5.41, 5.74) is 23.2. The van der Waals surface area contributed by atoms with Crippen molar-refractivity contribution in [3.8, 4) is 0 Å². The Bertz CT molecular complexity index is 2310. The molecule has 19 N–H and O–H groups in total. The van der Waals surface area contributed by atoms with Crippen LogP contribution in [-0.4, -0.2) is 160 Å². The van der Waals surface area contributed by atoms with Crippen LogP contribution in [0.5, 0.6) is 0 Å². The second-order valence-corrected chi connectivity index (χ2v) is 18.7. The second kappa shape index (κ2) is 32.0. The summed E-state index contributed by atoms with van der Waals surface area (Å²) < 4.78 is 0. The molecule has 0 spiro atoms. The molecule has 10 amide bonds. The van der Waals surface area contributed by atoms with Gasteiger partial charge in [0.2, 0.25) is 59.1 Å². The number of nitrogens with one attached hydrogen (secondary N) is 9. The largest absolute Gasteiger partial charge is 0.481 e. The van der Waals surface area contributed by atoms with E-state index in [1.807, 2.05) is 0 Å². The molecule has 74 heavy (non-hydrogen) atoms. The molecule has 0 aliphatic rings. The predicted molar refractivity (Wildman–Crippen MR) is 270 cm³/mol. The van der Waals surface area contributed by atoms with Gasteiger partial charge < -0.3 is 80.7 Å². The summed E-state index contributed by atoms with van der Waals surface area (Å²) in [7, 11) is 0. The maximum absolute atomic E-state index is 14.4. The van der Waals surface area contributed by atoms with Gasteiger partial charge in [0.05, 0.1) is 19.0 Å². The summed E-state index contributed by atoms with van der Waals surface area (Å²) in [6.07, 6.45) is 1.51. The fraction of sp³-hybridized carbons (Fsp3) is 0.565. The normalized spacial score (nSPS) is 14.3. The fourth-order valence-electron chi connectivity index (χ4n) is 7.18. The summed E-state index contributed by atoms with van der Waals surface area (Å²) in [6.45, 7) is 3.90. The molecule has 0 saturated heterocycles. The van der Waals surface area contributed by atoms with E-state index >= 15 is 0 Å². The van der Waals surface area contributed by atoms with E-state index in [0.29, 0.717) is 35.1 Å². The van der Waals surface area contributed by atoms with E-state index in [0.717, 1.165) is 0 Å². The zero-order valence-electron chi connectivity index (χ0n) is 41.8. The molecule has 0 saturated carbocycles. The predicted octanol–water partition coefficient (Wildman–Crippen LogP) is -3.80. The van der Waals surface area contributed by atoms with Gasteiger partial charge in [0, 0.05) is 36.4 Å². The lowest BCUT2D eigenvalue weighted by molar-refractivity contribution is -0.141. The minimum atomic E-state index is -1.69. The van der Waals surface area contributed by atoms with Crippen LogP contribution in [0, 0.1) is 5.92 Å². The van der Waals surface area contributed by atoms with Crippen LogP contribution in [0.2, 0.25) is 0 Å². The van der Waals surface area contributed by atoms with Gasteiger partial charge >= 0.3 is 11.9 Å². The third kappa shape index (κ3) is 22.2. The van der Waals surface area contributed by atoms with E-state index in [2.05, 4.69) is 47.5 Å². The SMILES string of the molecule is CSCCC(NC(=O)C(N)CC(N)=O)C(=O)NC(Cc1c[nH]c2ccccc12)C(=O)NC(CCC(N)=O)C(=O)NC(CCC(=O)O)C(=O)NC(C(=O)NCC(=O)NC(CCCCN)C(=O)NC(C)C(=O)O)C(C)C. The summed E-state index contributed by atoms with van der Waals surface area (Å²) in [5, 5.41) is 39.0. The number of hydrogen-bond acceptors (Lipinski definition) is 15. The average molecular weight is 1060 g/mol. The Hall–Kier alpha value is -7.33. The Balaban J connectivity index is 2.42. The van der Waals surface area contributed by atoms with Gasteiger partial charge in [0.15, 0.2) is 0 Å². The first-order chi connectivity index (χ1) is 34.9. The lowest BCUT2D eigenvalue weighted by Gasteiger charge is -2.28. The van der Waals surface area contributed by atoms with Crippen LogP contribution < -0.4 is 65.5 Å². The zero-order chi connectivity index (χ0) is 55.7. The number of carboxylic acid groups (broad SMARTS) is 2. The highest BCUT2D eigenvalue weighted by molar-refractivity contribution is 7.98. The number of fused-ring (bicyclic) bond motifs is 1. The number of primary amides is 2. The number of amides is 10. The molecule has 0 aliphatic heterocycles. The Labute approximate surface area is 431 Å². The number of hydrogen-bond donors (Lipinski definition) is 15. The number of carbonyl (C=O) groups excluding carboxylic acids is 10. The number of aromatic nitrogens is 1. The van der Waals surface area contributed by atoms with Crippen LogP contribution in [0.1, 0.15) is 84.1 Å². The van der Waals surface area contributed by atoms with Gasteiger partial charge in [-0.15, -0.1) is 0 Å². The van der Waals surface area contributed by atoms with Crippen LogP contribution in [0.3, 0.4) is 0 Å². The molecule has 1 aromatic heterocycles. The second-order valence-electron chi connectivity index (χ2n) is 17.7. The van der Waals surface area contributed by atoms with Gasteiger partial charge in [-0.25, -0.2) is 0 Å². The first-order valence-electron chi connectivity index (χ1n) is 23.8. The van der Waals surface area contributed by atoms with E-state index in [1.54, 1.807) is 36.7 Å².